The molecule has 0 bridgehead atoms. The Hall–Kier alpha value is -1.27. The molecule has 7 heteroatoms. The number of benzene rings is 1. The minimum atomic E-state index is -4.46. The van der Waals surface area contributed by atoms with Gasteiger partial charge in [-0.15, -0.1) is 0 Å². The van der Waals surface area contributed by atoms with E-state index in [0.717, 1.165) is 17.4 Å². The normalized spacial score (nSPS) is 11.5. The molecule has 0 amide bonds. The van der Waals surface area contributed by atoms with Gasteiger partial charge in [-0.1, -0.05) is 35.1 Å². The quantitative estimate of drug-likeness (QED) is 0.801. The van der Waals surface area contributed by atoms with Crippen LogP contribution in [-0.2, 0) is 6.18 Å². The fourth-order valence-electron chi connectivity index (χ4n) is 1.17. The first-order chi connectivity index (χ1) is 7.97. The second kappa shape index (κ2) is 4.54. The maximum absolute atomic E-state index is 12.6. The molecule has 1 aromatic heterocycles. The van der Waals surface area contributed by atoms with Crippen molar-refractivity contribution in [3.8, 4) is 10.9 Å². The van der Waals surface area contributed by atoms with Gasteiger partial charge in [0, 0.05) is 5.38 Å². The van der Waals surface area contributed by atoms with Gasteiger partial charge in [-0.05, 0) is 12.1 Å². The van der Waals surface area contributed by atoms with Crippen molar-refractivity contribution in [2.45, 2.75) is 6.18 Å². The number of aromatic nitrogens is 1. The molecule has 0 aliphatic rings. The van der Waals surface area contributed by atoms with Gasteiger partial charge in [0.15, 0.2) is 0 Å². The summed E-state index contributed by atoms with van der Waals surface area (Å²) in [7, 11) is 0. The molecule has 0 spiro atoms. The van der Waals surface area contributed by atoms with Crippen molar-refractivity contribution >= 4 is 22.9 Å². The van der Waals surface area contributed by atoms with Crippen LogP contribution in [0.4, 0.5) is 13.2 Å². The molecule has 2 aromatic rings. The molecule has 17 heavy (non-hydrogen) atoms. The summed E-state index contributed by atoms with van der Waals surface area (Å²) in [6, 6.07) is 4.94. The maximum Gasteiger partial charge on any atom is 0.419 e. The number of hydrogen-bond acceptors (Lipinski definition) is 3. The van der Waals surface area contributed by atoms with E-state index in [1.165, 1.54) is 23.6 Å². The van der Waals surface area contributed by atoms with Gasteiger partial charge in [-0.3, -0.25) is 0 Å². The highest BCUT2D eigenvalue weighted by Crippen LogP contribution is 2.38. The first-order valence-corrected chi connectivity index (χ1v) is 5.67. The number of alkyl halides is 3. The van der Waals surface area contributed by atoms with E-state index < -0.39 is 11.7 Å². The average Bonchev–Trinajstić information content (AvgIpc) is 2.63. The first-order valence-electron chi connectivity index (χ1n) is 4.42. The van der Waals surface area contributed by atoms with E-state index in [-0.39, 0.29) is 16.1 Å². The third kappa shape index (κ3) is 2.89. The largest absolute Gasteiger partial charge is 0.430 e. The van der Waals surface area contributed by atoms with Crippen LogP contribution in [0, 0.1) is 0 Å². The van der Waals surface area contributed by atoms with Gasteiger partial charge in [0.05, 0.1) is 5.56 Å². The zero-order chi connectivity index (χ0) is 12.5. The number of ether oxygens (including phenoxy) is 1. The van der Waals surface area contributed by atoms with Crippen LogP contribution < -0.4 is 4.74 Å². The van der Waals surface area contributed by atoms with Gasteiger partial charge in [0.1, 0.15) is 10.9 Å². The summed E-state index contributed by atoms with van der Waals surface area (Å²) >= 11 is 6.58. The van der Waals surface area contributed by atoms with Crippen LogP contribution in [0.25, 0.3) is 0 Å². The summed E-state index contributed by atoms with van der Waals surface area (Å²) in [6.45, 7) is 0. The van der Waals surface area contributed by atoms with Crippen LogP contribution in [0.5, 0.6) is 10.9 Å². The van der Waals surface area contributed by atoms with Crippen molar-refractivity contribution in [2.24, 2.45) is 0 Å². The summed E-state index contributed by atoms with van der Waals surface area (Å²) in [5, 5.41) is 1.74. The molecule has 0 atom stereocenters. The number of rotatable bonds is 2. The van der Waals surface area contributed by atoms with Crippen LogP contribution in [-0.4, -0.2) is 4.98 Å². The standard InChI is InChI=1S/C10H5ClF3NOS/c11-8-5-17-9(15-8)16-7-4-2-1-3-6(7)10(12,13)14/h1-5H. The molecule has 0 N–H and O–H groups in total. The molecular weight excluding hydrogens is 275 g/mol. The van der Waals surface area contributed by atoms with Crippen molar-refractivity contribution in [1.29, 1.82) is 0 Å². The molecule has 0 aliphatic carbocycles. The minimum absolute atomic E-state index is 0.0756. The highest BCUT2D eigenvalue weighted by Gasteiger charge is 2.34. The van der Waals surface area contributed by atoms with Gasteiger partial charge < -0.3 is 4.74 Å². The van der Waals surface area contributed by atoms with Crippen LogP contribution in [0.2, 0.25) is 5.15 Å². The third-order valence-corrected chi connectivity index (χ3v) is 2.89. The van der Waals surface area contributed by atoms with E-state index in [1.54, 1.807) is 0 Å². The fourth-order valence-corrected chi connectivity index (χ4v) is 1.97. The number of nitrogens with zero attached hydrogens (tertiary/aromatic N) is 1. The van der Waals surface area contributed by atoms with E-state index in [9.17, 15) is 13.2 Å². The molecule has 1 aromatic carbocycles. The lowest BCUT2D eigenvalue weighted by molar-refractivity contribution is -0.138. The molecule has 1 heterocycles. The first kappa shape index (κ1) is 12.2. The molecule has 0 saturated carbocycles. The Morgan fingerprint density at radius 3 is 2.53 bits per heavy atom. The Morgan fingerprint density at radius 2 is 1.94 bits per heavy atom. The van der Waals surface area contributed by atoms with Gasteiger partial charge in [0.25, 0.3) is 5.19 Å². The maximum atomic E-state index is 12.6. The van der Waals surface area contributed by atoms with Gasteiger partial charge in [-0.2, -0.15) is 18.2 Å². The summed E-state index contributed by atoms with van der Waals surface area (Å²) < 4.78 is 43.0. The van der Waals surface area contributed by atoms with Gasteiger partial charge in [-0.25, -0.2) is 0 Å². The zero-order valence-corrected chi connectivity index (χ0v) is 9.73. The monoisotopic (exact) mass is 279 g/mol. The Kier molecular flexibility index (Phi) is 3.26. The molecule has 90 valence electrons. The van der Waals surface area contributed by atoms with E-state index in [1.807, 2.05) is 0 Å². The number of thiazole rings is 1. The van der Waals surface area contributed by atoms with Crippen molar-refractivity contribution in [2.75, 3.05) is 0 Å². The number of hydrogen-bond donors (Lipinski definition) is 0. The Balaban J connectivity index is 2.33. The molecular formula is C10H5ClF3NOS. The summed E-state index contributed by atoms with van der Waals surface area (Å²) in [6.07, 6.45) is -4.46. The summed E-state index contributed by atoms with van der Waals surface area (Å²) in [4.78, 5) is 3.72. The molecule has 2 nitrogen and oxygen atoms in total. The van der Waals surface area contributed by atoms with E-state index in [0.29, 0.717) is 0 Å². The minimum Gasteiger partial charge on any atom is -0.430 e. The third-order valence-electron chi connectivity index (χ3n) is 1.84. The van der Waals surface area contributed by atoms with Crippen molar-refractivity contribution in [3.63, 3.8) is 0 Å². The van der Waals surface area contributed by atoms with Gasteiger partial charge >= 0.3 is 6.18 Å². The van der Waals surface area contributed by atoms with Crippen LogP contribution in [0.3, 0.4) is 0 Å². The van der Waals surface area contributed by atoms with E-state index >= 15 is 0 Å². The van der Waals surface area contributed by atoms with E-state index in [4.69, 9.17) is 16.3 Å². The Morgan fingerprint density at radius 1 is 1.24 bits per heavy atom. The second-order valence-electron chi connectivity index (χ2n) is 3.03. The highest BCUT2D eigenvalue weighted by atomic mass is 35.5. The van der Waals surface area contributed by atoms with Gasteiger partial charge in [0.2, 0.25) is 0 Å². The molecule has 0 unspecified atom stereocenters. The fraction of sp³-hybridized carbons (Fsp3) is 0.100. The molecule has 0 fully saturated rings. The summed E-state index contributed by atoms with van der Waals surface area (Å²) in [5.41, 5.74) is -0.841. The lowest BCUT2D eigenvalue weighted by Crippen LogP contribution is -2.06. The molecule has 0 saturated heterocycles. The zero-order valence-electron chi connectivity index (χ0n) is 8.16. The topological polar surface area (TPSA) is 22.1 Å². The molecule has 0 radical (unpaired) electrons. The predicted molar refractivity (Wildman–Crippen MR) is 58.6 cm³/mol. The highest BCUT2D eigenvalue weighted by molar-refractivity contribution is 7.11. The Bertz CT molecular complexity index is 526. The number of para-hydroxylation sites is 1. The van der Waals surface area contributed by atoms with Crippen molar-refractivity contribution in [3.05, 3.63) is 40.4 Å². The van der Waals surface area contributed by atoms with Crippen LogP contribution in [0.1, 0.15) is 5.56 Å². The smallest absolute Gasteiger partial charge is 0.419 e. The lowest BCUT2D eigenvalue weighted by atomic mass is 10.2. The van der Waals surface area contributed by atoms with E-state index in [2.05, 4.69) is 4.98 Å². The Labute approximate surface area is 104 Å². The second-order valence-corrected chi connectivity index (χ2v) is 4.24. The van der Waals surface area contributed by atoms with Crippen LogP contribution >= 0.6 is 22.9 Å². The van der Waals surface area contributed by atoms with Crippen molar-refractivity contribution < 1.29 is 17.9 Å². The molecule has 2 rings (SSSR count). The SMILES string of the molecule is FC(F)(F)c1ccccc1Oc1nc(Cl)cs1. The lowest BCUT2D eigenvalue weighted by Gasteiger charge is -2.11. The van der Waals surface area contributed by atoms with Crippen molar-refractivity contribution in [1.82, 2.24) is 4.98 Å². The predicted octanol–water partition coefficient (Wildman–Crippen LogP) is 4.61. The molecule has 0 aliphatic heterocycles. The average molecular weight is 280 g/mol. The summed E-state index contributed by atoms with van der Waals surface area (Å²) in [5.74, 6) is -0.286. The van der Waals surface area contributed by atoms with Crippen LogP contribution in [0.15, 0.2) is 29.6 Å². The number of halogens is 4.